The van der Waals surface area contributed by atoms with Crippen LogP contribution in [0.1, 0.15) is 33.6 Å². The maximum atomic E-state index is 12.8. The van der Waals surface area contributed by atoms with Crippen LogP contribution in [-0.2, 0) is 11.3 Å². The Hall–Kier alpha value is -3.71. The van der Waals surface area contributed by atoms with Crippen LogP contribution in [0.25, 0.3) is 6.08 Å². The first-order valence-electron chi connectivity index (χ1n) is 10.7. The summed E-state index contributed by atoms with van der Waals surface area (Å²) in [6.45, 7) is 6.86. The van der Waals surface area contributed by atoms with Gasteiger partial charge in [0.25, 0.3) is 5.91 Å². The van der Waals surface area contributed by atoms with Crippen LogP contribution in [-0.4, -0.2) is 31.5 Å². The number of carbonyl (C=O) groups excluding carboxylic acids is 1. The fraction of sp³-hybridized carbons (Fsp3) is 0.154. The zero-order valence-corrected chi connectivity index (χ0v) is 19.5. The zero-order chi connectivity index (χ0) is 23.1. The molecule has 7 heteroatoms. The van der Waals surface area contributed by atoms with Gasteiger partial charge in [-0.3, -0.25) is 10.2 Å². The van der Waals surface area contributed by atoms with E-state index in [1.807, 2.05) is 62.4 Å². The number of nitrogens with zero attached hydrogens (tertiary/aromatic N) is 4. The molecule has 0 aliphatic carbocycles. The summed E-state index contributed by atoms with van der Waals surface area (Å²) >= 11 is 1.32. The number of amidine groups is 2. The Labute approximate surface area is 196 Å². The Balaban J connectivity index is 1.46. The molecule has 3 aromatic rings. The van der Waals surface area contributed by atoms with Crippen molar-refractivity contribution in [3.05, 3.63) is 99.9 Å². The Kier molecular flexibility index (Phi) is 5.34. The summed E-state index contributed by atoms with van der Waals surface area (Å²) in [5.74, 6) is -0.361. The highest BCUT2D eigenvalue weighted by atomic mass is 32.2. The molecule has 0 fully saturated rings. The molecule has 1 amide bonds. The number of aromatic nitrogens is 1. The van der Waals surface area contributed by atoms with E-state index in [0.717, 1.165) is 39.7 Å². The van der Waals surface area contributed by atoms with E-state index < -0.39 is 5.91 Å². The lowest BCUT2D eigenvalue weighted by Gasteiger charge is -2.20. The van der Waals surface area contributed by atoms with Crippen molar-refractivity contribution in [2.24, 2.45) is 10.1 Å². The Morgan fingerprint density at radius 2 is 1.82 bits per heavy atom. The number of amides is 1. The third-order valence-electron chi connectivity index (χ3n) is 5.82. The van der Waals surface area contributed by atoms with Gasteiger partial charge in [-0.1, -0.05) is 54.1 Å². The Morgan fingerprint density at radius 1 is 1.03 bits per heavy atom. The van der Waals surface area contributed by atoms with E-state index in [4.69, 9.17) is 5.41 Å². The molecule has 0 atom stereocenters. The van der Waals surface area contributed by atoms with Crippen LogP contribution >= 0.6 is 11.8 Å². The predicted octanol–water partition coefficient (Wildman–Crippen LogP) is 5.13. The normalized spacial score (nSPS) is 16.8. The van der Waals surface area contributed by atoms with Crippen LogP contribution < -0.4 is 0 Å². The van der Waals surface area contributed by atoms with Crippen molar-refractivity contribution < 1.29 is 4.79 Å². The van der Waals surface area contributed by atoms with Gasteiger partial charge in [0.05, 0.1) is 5.57 Å². The molecule has 2 aliphatic heterocycles. The number of rotatable bonds is 4. The quantitative estimate of drug-likeness (QED) is 0.557. The second-order valence-electron chi connectivity index (χ2n) is 8.19. The van der Waals surface area contributed by atoms with Gasteiger partial charge in [-0.15, -0.1) is 0 Å². The van der Waals surface area contributed by atoms with Crippen molar-refractivity contribution in [3.63, 3.8) is 0 Å². The van der Waals surface area contributed by atoms with E-state index in [1.54, 1.807) is 6.08 Å². The average molecular weight is 454 g/mol. The maximum Gasteiger partial charge on any atom is 0.283 e. The fourth-order valence-corrected chi connectivity index (χ4v) is 4.91. The highest BCUT2D eigenvalue weighted by molar-refractivity contribution is 8.27. The molecular formula is C26H23N5OS. The Bertz CT molecular complexity index is 1380. The molecule has 2 aromatic carbocycles. The molecule has 1 aromatic heterocycles. The largest absolute Gasteiger partial charge is 0.344 e. The lowest BCUT2D eigenvalue weighted by Crippen LogP contribution is -2.35. The van der Waals surface area contributed by atoms with Crippen LogP contribution in [0.2, 0.25) is 0 Å². The minimum Gasteiger partial charge on any atom is -0.344 e. The summed E-state index contributed by atoms with van der Waals surface area (Å²) in [6.07, 6.45) is 1.76. The summed E-state index contributed by atoms with van der Waals surface area (Å²) in [5.41, 5.74) is 6.57. The molecule has 0 spiro atoms. The van der Waals surface area contributed by atoms with Gasteiger partial charge >= 0.3 is 0 Å². The molecular weight excluding hydrogens is 430 g/mol. The molecule has 0 saturated heterocycles. The van der Waals surface area contributed by atoms with Crippen molar-refractivity contribution in [3.8, 4) is 0 Å². The number of fused-ring (bicyclic) bond motifs is 1. The number of aryl methyl sites for hydroxylation is 2. The smallest absolute Gasteiger partial charge is 0.283 e. The van der Waals surface area contributed by atoms with E-state index in [1.165, 1.54) is 22.3 Å². The van der Waals surface area contributed by atoms with Gasteiger partial charge in [0.1, 0.15) is 5.04 Å². The van der Waals surface area contributed by atoms with Crippen molar-refractivity contribution in [2.45, 2.75) is 27.3 Å². The first-order valence-corrected chi connectivity index (χ1v) is 11.5. The highest BCUT2D eigenvalue weighted by Crippen LogP contribution is 2.31. The number of hydrazone groups is 1. The molecule has 0 radical (unpaired) electrons. The third kappa shape index (κ3) is 3.96. The maximum absolute atomic E-state index is 12.8. The summed E-state index contributed by atoms with van der Waals surface area (Å²) in [5, 5.41) is 15.9. The van der Waals surface area contributed by atoms with Gasteiger partial charge in [0.15, 0.2) is 5.84 Å². The molecule has 0 saturated carbocycles. The van der Waals surface area contributed by atoms with E-state index in [-0.39, 0.29) is 11.4 Å². The summed E-state index contributed by atoms with van der Waals surface area (Å²) in [4.78, 5) is 17.1. The predicted molar refractivity (Wildman–Crippen MR) is 135 cm³/mol. The van der Waals surface area contributed by atoms with Crippen LogP contribution in [0.4, 0.5) is 0 Å². The van der Waals surface area contributed by atoms with E-state index in [0.29, 0.717) is 5.17 Å². The minimum absolute atomic E-state index is 0.0491. The number of thioether (sulfide) groups is 1. The minimum atomic E-state index is -0.410. The molecule has 5 rings (SSSR count). The number of nitrogens with one attached hydrogen (secondary N) is 1. The lowest BCUT2D eigenvalue weighted by molar-refractivity contribution is -0.114. The van der Waals surface area contributed by atoms with Crippen molar-refractivity contribution in [2.75, 3.05) is 0 Å². The molecule has 6 nitrogen and oxygen atoms in total. The second-order valence-corrected chi connectivity index (χ2v) is 9.15. The van der Waals surface area contributed by atoms with Crippen molar-refractivity contribution in [1.82, 2.24) is 9.58 Å². The van der Waals surface area contributed by atoms with Gasteiger partial charge < -0.3 is 4.57 Å². The second kappa shape index (κ2) is 8.33. The van der Waals surface area contributed by atoms with Crippen LogP contribution in [0, 0.1) is 26.2 Å². The monoisotopic (exact) mass is 453 g/mol. The van der Waals surface area contributed by atoms with Gasteiger partial charge in [-0.2, -0.15) is 15.1 Å². The number of hydrogen-bond acceptors (Lipinski definition) is 4. The van der Waals surface area contributed by atoms with Gasteiger partial charge in [-0.05, 0) is 61.9 Å². The molecule has 2 aliphatic rings. The van der Waals surface area contributed by atoms with Crippen LogP contribution in [0.15, 0.2) is 76.3 Å². The number of benzene rings is 2. The lowest BCUT2D eigenvalue weighted by atomic mass is 10.1. The number of aliphatic imine (C=N–C) groups is 1. The molecule has 3 heterocycles. The molecule has 1 N–H and O–H groups in total. The van der Waals surface area contributed by atoms with E-state index in [9.17, 15) is 4.79 Å². The summed E-state index contributed by atoms with van der Waals surface area (Å²) < 4.78 is 2.22. The highest BCUT2D eigenvalue weighted by Gasteiger charge is 2.36. The SMILES string of the molecule is Cc1cccc(C2=NN3C(=N)/C(=C\c4cc(C)n(Cc5ccccc5)c4C)C(=O)N=C3S2)c1. The summed E-state index contributed by atoms with van der Waals surface area (Å²) in [6, 6.07) is 20.3. The van der Waals surface area contributed by atoms with Crippen molar-refractivity contribution >= 4 is 39.8 Å². The number of carbonyl (C=O) groups is 1. The van der Waals surface area contributed by atoms with Crippen molar-refractivity contribution in [1.29, 1.82) is 5.41 Å². The number of hydrogen-bond donors (Lipinski definition) is 1. The Morgan fingerprint density at radius 3 is 2.58 bits per heavy atom. The topological polar surface area (TPSA) is 73.8 Å². The molecule has 33 heavy (non-hydrogen) atoms. The molecule has 0 bridgehead atoms. The fourth-order valence-electron chi connectivity index (χ4n) is 4.03. The molecule has 0 unspecified atom stereocenters. The van der Waals surface area contributed by atoms with Crippen LogP contribution in [0.5, 0.6) is 0 Å². The van der Waals surface area contributed by atoms with Gasteiger partial charge in [-0.25, -0.2) is 0 Å². The van der Waals surface area contributed by atoms with Crippen LogP contribution in [0.3, 0.4) is 0 Å². The standard InChI is InChI=1S/C26H23N5OS/c1-16-8-7-11-20(12-16)25-29-31-23(27)22(24(32)28-26(31)33-25)14-21-13-17(2)30(18(21)3)15-19-9-5-4-6-10-19/h4-14,27H,15H2,1-3H3/b22-14+,27-23?. The third-order valence-corrected chi connectivity index (χ3v) is 6.77. The first kappa shape index (κ1) is 21.2. The van der Waals surface area contributed by atoms with E-state index in [2.05, 4.69) is 33.7 Å². The summed E-state index contributed by atoms with van der Waals surface area (Å²) in [7, 11) is 0. The van der Waals surface area contributed by atoms with Gasteiger partial charge in [0.2, 0.25) is 5.17 Å². The van der Waals surface area contributed by atoms with Gasteiger partial charge in [0, 0.05) is 23.5 Å². The zero-order valence-electron chi connectivity index (χ0n) is 18.7. The van der Waals surface area contributed by atoms with E-state index >= 15 is 0 Å². The first-order chi connectivity index (χ1) is 15.9. The average Bonchev–Trinajstić information content (AvgIpc) is 3.34. The molecule has 164 valence electrons.